The fourth-order valence-corrected chi connectivity index (χ4v) is 3.44. The van der Waals surface area contributed by atoms with Gasteiger partial charge in [0.25, 0.3) is 5.91 Å². The van der Waals surface area contributed by atoms with Crippen molar-refractivity contribution in [3.8, 4) is 5.75 Å². The van der Waals surface area contributed by atoms with Gasteiger partial charge >= 0.3 is 0 Å². The van der Waals surface area contributed by atoms with Crippen molar-refractivity contribution in [2.24, 2.45) is 0 Å². The Morgan fingerprint density at radius 1 is 1.32 bits per heavy atom. The molecule has 0 radical (unpaired) electrons. The Morgan fingerprint density at radius 3 is 2.96 bits per heavy atom. The van der Waals surface area contributed by atoms with E-state index in [4.69, 9.17) is 9.15 Å². The first-order valence-electron chi connectivity index (χ1n) is 8.62. The first kappa shape index (κ1) is 18.1. The lowest BCUT2D eigenvalue weighted by Crippen LogP contribution is -2.27. The van der Waals surface area contributed by atoms with Crippen LogP contribution in [0.3, 0.4) is 0 Å². The summed E-state index contributed by atoms with van der Waals surface area (Å²) in [6.07, 6.45) is 1.30. The number of carbonyl (C=O) groups excluding carboxylic acids is 1. The smallest absolute Gasteiger partial charge is 0.273 e. The van der Waals surface area contributed by atoms with E-state index in [2.05, 4.69) is 30.5 Å². The SMILES string of the molecule is Cc1nc([C@H](C)NC(=O)c2coc(COc3ccc4sc(C)nc4c3)n2)n[nH]1. The fraction of sp³-hybridized carbons (Fsp3) is 0.278. The van der Waals surface area contributed by atoms with E-state index in [9.17, 15) is 4.79 Å². The zero-order valence-electron chi connectivity index (χ0n) is 15.5. The number of hydrogen-bond acceptors (Lipinski definition) is 8. The van der Waals surface area contributed by atoms with Crippen molar-refractivity contribution < 1.29 is 13.9 Å². The normalized spacial score (nSPS) is 12.2. The van der Waals surface area contributed by atoms with Crippen molar-refractivity contribution in [2.75, 3.05) is 0 Å². The van der Waals surface area contributed by atoms with E-state index < -0.39 is 0 Å². The number of ether oxygens (including phenoxy) is 1. The van der Waals surface area contributed by atoms with Crippen LogP contribution in [-0.4, -0.2) is 31.1 Å². The van der Waals surface area contributed by atoms with Crippen LogP contribution in [0.1, 0.15) is 46.0 Å². The second kappa shape index (κ2) is 7.39. The molecule has 1 atom stereocenters. The Bertz CT molecular complexity index is 1130. The van der Waals surface area contributed by atoms with Crippen LogP contribution in [-0.2, 0) is 6.61 Å². The summed E-state index contributed by atoms with van der Waals surface area (Å²) in [6.45, 7) is 5.66. The van der Waals surface area contributed by atoms with Crippen LogP contribution in [0.4, 0.5) is 0 Å². The van der Waals surface area contributed by atoms with Crippen molar-refractivity contribution >= 4 is 27.5 Å². The summed E-state index contributed by atoms with van der Waals surface area (Å²) in [5.41, 5.74) is 1.06. The maximum Gasteiger partial charge on any atom is 0.273 e. The van der Waals surface area contributed by atoms with Gasteiger partial charge < -0.3 is 14.5 Å². The number of aromatic amines is 1. The van der Waals surface area contributed by atoms with E-state index >= 15 is 0 Å². The van der Waals surface area contributed by atoms with Gasteiger partial charge in [-0.2, -0.15) is 5.10 Å². The molecule has 0 aliphatic heterocycles. The van der Waals surface area contributed by atoms with E-state index in [1.54, 1.807) is 25.2 Å². The molecule has 0 aliphatic rings. The minimum absolute atomic E-state index is 0.109. The van der Waals surface area contributed by atoms with Crippen LogP contribution in [0, 0.1) is 13.8 Å². The highest BCUT2D eigenvalue weighted by Gasteiger charge is 2.18. The second-order valence-electron chi connectivity index (χ2n) is 6.25. The zero-order chi connectivity index (χ0) is 19.7. The highest BCUT2D eigenvalue weighted by molar-refractivity contribution is 7.18. The molecule has 4 aromatic rings. The van der Waals surface area contributed by atoms with Gasteiger partial charge in [-0.05, 0) is 32.9 Å². The average molecular weight is 398 g/mol. The Morgan fingerprint density at radius 2 is 2.18 bits per heavy atom. The van der Waals surface area contributed by atoms with Gasteiger partial charge in [0.1, 0.15) is 17.8 Å². The number of oxazole rings is 1. The number of H-pyrrole nitrogens is 1. The lowest BCUT2D eigenvalue weighted by atomic mass is 10.3. The van der Waals surface area contributed by atoms with E-state index in [1.165, 1.54) is 6.26 Å². The number of amides is 1. The number of hydrogen-bond donors (Lipinski definition) is 2. The predicted octanol–water partition coefficient (Wildman–Crippen LogP) is 3.09. The fourth-order valence-electron chi connectivity index (χ4n) is 2.63. The summed E-state index contributed by atoms with van der Waals surface area (Å²) in [7, 11) is 0. The first-order valence-corrected chi connectivity index (χ1v) is 9.44. The molecule has 0 spiro atoms. The Hall–Kier alpha value is -3.27. The summed E-state index contributed by atoms with van der Waals surface area (Å²) in [5.74, 6) is 1.79. The van der Waals surface area contributed by atoms with Crippen LogP contribution in [0.15, 0.2) is 28.9 Å². The molecule has 10 heteroatoms. The van der Waals surface area contributed by atoms with E-state index in [0.717, 1.165) is 15.2 Å². The minimum atomic E-state index is -0.371. The molecule has 1 aromatic carbocycles. The van der Waals surface area contributed by atoms with Crippen LogP contribution in [0.5, 0.6) is 5.75 Å². The van der Waals surface area contributed by atoms with E-state index in [0.29, 0.717) is 23.3 Å². The number of fused-ring (bicyclic) bond motifs is 1. The maximum absolute atomic E-state index is 12.3. The standard InChI is InChI=1S/C18H18N6O3S/c1-9(17-20-10(2)23-24-17)19-18(25)14-7-27-16(22-14)8-26-12-4-5-15-13(6-12)21-11(3)28-15/h4-7,9H,8H2,1-3H3,(H,19,25)(H,20,23,24)/t9-/m0/s1. The van der Waals surface area contributed by atoms with Crippen molar-refractivity contribution in [3.63, 3.8) is 0 Å². The molecule has 1 amide bonds. The molecule has 0 fully saturated rings. The van der Waals surface area contributed by atoms with Crippen molar-refractivity contribution in [2.45, 2.75) is 33.4 Å². The molecular weight excluding hydrogens is 380 g/mol. The maximum atomic E-state index is 12.3. The molecule has 3 heterocycles. The number of aromatic nitrogens is 5. The van der Waals surface area contributed by atoms with Gasteiger partial charge in [0.15, 0.2) is 18.1 Å². The number of thiazole rings is 1. The summed E-state index contributed by atoms with van der Waals surface area (Å²) in [4.78, 5) is 25.1. The molecule has 2 N–H and O–H groups in total. The third kappa shape index (κ3) is 3.86. The third-order valence-corrected chi connectivity index (χ3v) is 4.91. The topological polar surface area (TPSA) is 119 Å². The lowest BCUT2D eigenvalue weighted by molar-refractivity contribution is 0.0933. The zero-order valence-corrected chi connectivity index (χ0v) is 16.3. The Balaban J connectivity index is 1.37. The van der Waals surface area contributed by atoms with Crippen molar-refractivity contribution in [1.29, 1.82) is 0 Å². The minimum Gasteiger partial charge on any atom is -0.484 e. The average Bonchev–Trinajstić information content (AvgIpc) is 3.38. The molecule has 3 aromatic heterocycles. The molecular formula is C18H18N6O3S. The second-order valence-corrected chi connectivity index (χ2v) is 7.49. The molecule has 0 unspecified atom stereocenters. The molecule has 9 nitrogen and oxygen atoms in total. The molecule has 0 saturated carbocycles. The first-order chi connectivity index (χ1) is 13.5. The van der Waals surface area contributed by atoms with Crippen LogP contribution in [0.2, 0.25) is 0 Å². The Kier molecular flexibility index (Phi) is 4.78. The van der Waals surface area contributed by atoms with Gasteiger partial charge in [-0.1, -0.05) is 0 Å². The number of carbonyl (C=O) groups is 1. The number of rotatable bonds is 6. The van der Waals surface area contributed by atoms with Gasteiger partial charge in [-0.15, -0.1) is 11.3 Å². The van der Waals surface area contributed by atoms with E-state index in [1.807, 2.05) is 25.1 Å². The van der Waals surface area contributed by atoms with Gasteiger partial charge in [-0.25, -0.2) is 15.0 Å². The van der Waals surface area contributed by atoms with Crippen LogP contribution >= 0.6 is 11.3 Å². The van der Waals surface area contributed by atoms with Crippen molar-refractivity contribution in [1.82, 2.24) is 30.5 Å². The molecule has 144 valence electrons. The Labute approximate surface area is 164 Å². The summed E-state index contributed by atoms with van der Waals surface area (Å²) >= 11 is 1.63. The number of benzene rings is 1. The monoisotopic (exact) mass is 398 g/mol. The highest BCUT2D eigenvalue weighted by Crippen LogP contribution is 2.26. The molecule has 0 bridgehead atoms. The van der Waals surface area contributed by atoms with Gasteiger partial charge in [0.2, 0.25) is 5.89 Å². The highest BCUT2D eigenvalue weighted by atomic mass is 32.1. The summed E-state index contributed by atoms with van der Waals surface area (Å²) in [5, 5.41) is 10.6. The quantitative estimate of drug-likeness (QED) is 0.512. The van der Waals surface area contributed by atoms with Crippen LogP contribution in [0.25, 0.3) is 10.2 Å². The van der Waals surface area contributed by atoms with Crippen LogP contribution < -0.4 is 10.1 Å². The lowest BCUT2D eigenvalue weighted by Gasteiger charge is -2.08. The van der Waals surface area contributed by atoms with Gasteiger partial charge in [-0.3, -0.25) is 9.89 Å². The number of aryl methyl sites for hydroxylation is 2. The molecule has 28 heavy (non-hydrogen) atoms. The number of nitrogens with zero attached hydrogens (tertiary/aromatic N) is 4. The van der Waals surface area contributed by atoms with Crippen molar-refractivity contribution in [3.05, 3.63) is 52.7 Å². The molecule has 0 saturated heterocycles. The molecule has 0 aliphatic carbocycles. The molecule has 4 rings (SSSR count). The number of nitrogens with one attached hydrogen (secondary N) is 2. The third-order valence-electron chi connectivity index (χ3n) is 3.96. The van der Waals surface area contributed by atoms with Gasteiger partial charge in [0.05, 0.1) is 21.3 Å². The van der Waals surface area contributed by atoms with E-state index in [-0.39, 0.29) is 24.2 Å². The predicted molar refractivity (Wildman–Crippen MR) is 102 cm³/mol. The summed E-state index contributed by atoms with van der Waals surface area (Å²) in [6, 6.07) is 5.35. The summed E-state index contributed by atoms with van der Waals surface area (Å²) < 4.78 is 12.2. The van der Waals surface area contributed by atoms with Gasteiger partial charge in [0, 0.05) is 6.07 Å². The largest absolute Gasteiger partial charge is 0.484 e.